The lowest BCUT2D eigenvalue weighted by molar-refractivity contribution is 0.416. The third-order valence-electron chi connectivity index (χ3n) is 2.10. The van der Waals surface area contributed by atoms with Crippen LogP contribution < -0.4 is 10.5 Å². The molecule has 6 heteroatoms. The van der Waals surface area contributed by atoms with Crippen molar-refractivity contribution in [1.82, 2.24) is 10.2 Å². The summed E-state index contributed by atoms with van der Waals surface area (Å²) in [6.07, 6.45) is 0. The minimum Gasteiger partial charge on any atom is -0.494 e. The topological polar surface area (TPSA) is 63.9 Å². The molecule has 3 N–H and O–H groups in total. The number of hydrogen-bond donors (Lipinski definition) is 2. The molecule has 0 atom stereocenters. The summed E-state index contributed by atoms with van der Waals surface area (Å²) in [4.78, 5) is 0. The van der Waals surface area contributed by atoms with Crippen molar-refractivity contribution < 1.29 is 4.74 Å². The number of rotatable bonds is 2. The quantitative estimate of drug-likeness (QED) is 0.896. The zero-order chi connectivity index (χ0) is 11.7. The Morgan fingerprint density at radius 1 is 1.44 bits per heavy atom. The molecule has 2 rings (SSSR count). The van der Waals surface area contributed by atoms with E-state index in [4.69, 9.17) is 22.1 Å². The number of nitrogens with one attached hydrogen (secondary N) is 1. The Labute approximate surface area is 106 Å². The standard InChI is InChI=1S/C10H9BrClN3O/c1-16-10-6(2-5(11)3-7(10)12)8-4-9(13)15-14-8/h2-4H,1H3,(H3,13,14,15). The van der Waals surface area contributed by atoms with E-state index in [0.29, 0.717) is 16.6 Å². The van der Waals surface area contributed by atoms with E-state index in [1.54, 1.807) is 19.2 Å². The molecule has 0 aliphatic carbocycles. The van der Waals surface area contributed by atoms with Crippen LogP contribution in [-0.2, 0) is 0 Å². The molecule has 2 aromatic rings. The van der Waals surface area contributed by atoms with E-state index in [9.17, 15) is 0 Å². The summed E-state index contributed by atoms with van der Waals surface area (Å²) in [7, 11) is 1.57. The molecule has 0 radical (unpaired) electrons. The lowest BCUT2D eigenvalue weighted by atomic mass is 10.1. The van der Waals surface area contributed by atoms with Gasteiger partial charge >= 0.3 is 0 Å². The summed E-state index contributed by atoms with van der Waals surface area (Å²) in [5, 5.41) is 7.21. The number of nitrogens with zero attached hydrogens (tertiary/aromatic N) is 1. The van der Waals surface area contributed by atoms with Crippen molar-refractivity contribution in [3.05, 3.63) is 27.7 Å². The number of aromatic amines is 1. The first-order valence-corrected chi connectivity index (χ1v) is 5.63. The van der Waals surface area contributed by atoms with Gasteiger partial charge in [0.05, 0.1) is 17.8 Å². The highest BCUT2D eigenvalue weighted by atomic mass is 79.9. The predicted molar refractivity (Wildman–Crippen MR) is 67.7 cm³/mol. The summed E-state index contributed by atoms with van der Waals surface area (Å²) in [6, 6.07) is 5.38. The molecular weight excluding hydrogens is 293 g/mol. The molecule has 0 aliphatic heterocycles. The van der Waals surface area contributed by atoms with Crippen LogP contribution in [0.2, 0.25) is 5.02 Å². The first-order chi connectivity index (χ1) is 7.61. The maximum absolute atomic E-state index is 6.07. The largest absolute Gasteiger partial charge is 0.494 e. The van der Waals surface area contributed by atoms with Crippen LogP contribution in [0.4, 0.5) is 5.82 Å². The minimum atomic E-state index is 0.424. The lowest BCUT2D eigenvalue weighted by Gasteiger charge is -2.09. The fraction of sp³-hybridized carbons (Fsp3) is 0.100. The Kier molecular flexibility index (Phi) is 3.07. The van der Waals surface area contributed by atoms with Crippen molar-refractivity contribution in [2.24, 2.45) is 0 Å². The number of halogens is 2. The van der Waals surface area contributed by atoms with Crippen molar-refractivity contribution in [3.8, 4) is 17.0 Å². The van der Waals surface area contributed by atoms with Gasteiger partial charge in [0.25, 0.3) is 0 Å². The molecule has 1 aromatic carbocycles. The molecule has 0 saturated carbocycles. The predicted octanol–water partition coefficient (Wildman–Crippen LogP) is 3.08. The molecule has 84 valence electrons. The molecule has 1 aromatic heterocycles. The number of nitrogens with two attached hydrogens (primary N) is 1. The maximum atomic E-state index is 6.07. The van der Waals surface area contributed by atoms with Crippen LogP contribution in [0.5, 0.6) is 5.75 Å². The molecule has 1 heterocycles. The molecule has 0 bridgehead atoms. The molecule has 0 aliphatic rings. The van der Waals surface area contributed by atoms with Crippen LogP contribution in [0.25, 0.3) is 11.3 Å². The molecule has 16 heavy (non-hydrogen) atoms. The summed E-state index contributed by atoms with van der Waals surface area (Å²) < 4.78 is 6.12. The van der Waals surface area contributed by atoms with Gasteiger partial charge in [0.2, 0.25) is 0 Å². The second-order valence-electron chi connectivity index (χ2n) is 3.17. The van der Waals surface area contributed by atoms with Gasteiger partial charge in [0.15, 0.2) is 0 Å². The summed E-state index contributed by atoms with van der Waals surface area (Å²) in [6.45, 7) is 0. The number of methoxy groups -OCH3 is 1. The lowest BCUT2D eigenvalue weighted by Crippen LogP contribution is -1.90. The van der Waals surface area contributed by atoms with E-state index < -0.39 is 0 Å². The van der Waals surface area contributed by atoms with E-state index in [1.807, 2.05) is 6.07 Å². The molecule has 0 saturated heterocycles. The monoisotopic (exact) mass is 301 g/mol. The molecule has 0 unspecified atom stereocenters. The van der Waals surface area contributed by atoms with Gasteiger partial charge in [0.1, 0.15) is 11.6 Å². The second kappa shape index (κ2) is 4.35. The third-order valence-corrected chi connectivity index (χ3v) is 2.84. The van der Waals surface area contributed by atoms with Crippen LogP contribution in [0.1, 0.15) is 0 Å². The average molecular weight is 303 g/mol. The Bertz CT molecular complexity index is 527. The Morgan fingerprint density at radius 2 is 2.19 bits per heavy atom. The number of aromatic nitrogens is 2. The number of benzene rings is 1. The Balaban J connectivity index is 2.63. The van der Waals surface area contributed by atoms with Crippen LogP contribution in [-0.4, -0.2) is 17.3 Å². The third kappa shape index (κ3) is 2.01. The van der Waals surface area contributed by atoms with Gasteiger partial charge in [-0.05, 0) is 12.1 Å². The van der Waals surface area contributed by atoms with Crippen LogP contribution in [0.15, 0.2) is 22.7 Å². The minimum absolute atomic E-state index is 0.424. The van der Waals surface area contributed by atoms with Crippen LogP contribution >= 0.6 is 27.5 Å². The highest BCUT2D eigenvalue weighted by Crippen LogP contribution is 2.38. The van der Waals surface area contributed by atoms with E-state index in [0.717, 1.165) is 15.7 Å². The number of anilines is 1. The SMILES string of the molecule is COc1c(Cl)cc(Br)cc1-c1cc(N)n[nH]1. The van der Waals surface area contributed by atoms with Gasteiger partial charge in [0, 0.05) is 16.1 Å². The zero-order valence-corrected chi connectivity index (χ0v) is 10.8. The van der Waals surface area contributed by atoms with Gasteiger partial charge < -0.3 is 10.5 Å². The van der Waals surface area contributed by atoms with Gasteiger partial charge in [-0.3, -0.25) is 5.10 Å². The summed E-state index contributed by atoms with van der Waals surface area (Å²) in [5.74, 6) is 1.02. The second-order valence-corrected chi connectivity index (χ2v) is 4.50. The molecule has 0 spiro atoms. The first-order valence-electron chi connectivity index (χ1n) is 4.46. The van der Waals surface area contributed by atoms with Gasteiger partial charge in [-0.15, -0.1) is 0 Å². The van der Waals surface area contributed by atoms with E-state index in [1.165, 1.54) is 0 Å². The number of hydrogen-bond acceptors (Lipinski definition) is 3. The molecule has 0 amide bonds. The van der Waals surface area contributed by atoms with Crippen molar-refractivity contribution in [2.75, 3.05) is 12.8 Å². The number of nitrogen functional groups attached to an aromatic ring is 1. The summed E-state index contributed by atoms with van der Waals surface area (Å²) in [5.41, 5.74) is 7.13. The fourth-order valence-corrected chi connectivity index (χ4v) is 2.33. The Morgan fingerprint density at radius 3 is 2.75 bits per heavy atom. The summed E-state index contributed by atoms with van der Waals surface area (Å²) >= 11 is 9.45. The molecule has 0 fully saturated rings. The molecule has 4 nitrogen and oxygen atoms in total. The maximum Gasteiger partial charge on any atom is 0.146 e. The van der Waals surface area contributed by atoms with Crippen molar-refractivity contribution in [2.45, 2.75) is 0 Å². The van der Waals surface area contributed by atoms with Gasteiger partial charge in [-0.1, -0.05) is 27.5 Å². The van der Waals surface area contributed by atoms with Gasteiger partial charge in [-0.2, -0.15) is 5.10 Å². The average Bonchev–Trinajstić information content (AvgIpc) is 2.63. The van der Waals surface area contributed by atoms with Crippen molar-refractivity contribution in [1.29, 1.82) is 0 Å². The van der Waals surface area contributed by atoms with Crippen LogP contribution in [0, 0.1) is 0 Å². The van der Waals surface area contributed by atoms with Crippen LogP contribution in [0.3, 0.4) is 0 Å². The normalized spacial score (nSPS) is 10.4. The Hall–Kier alpha value is -1.20. The van der Waals surface area contributed by atoms with E-state index >= 15 is 0 Å². The molecular formula is C10H9BrClN3O. The fourth-order valence-electron chi connectivity index (χ4n) is 1.44. The van der Waals surface area contributed by atoms with Crippen molar-refractivity contribution in [3.63, 3.8) is 0 Å². The first kappa shape index (κ1) is 11.3. The van der Waals surface area contributed by atoms with Crippen molar-refractivity contribution >= 4 is 33.3 Å². The number of ether oxygens (including phenoxy) is 1. The highest BCUT2D eigenvalue weighted by Gasteiger charge is 2.13. The zero-order valence-electron chi connectivity index (χ0n) is 8.42. The highest BCUT2D eigenvalue weighted by molar-refractivity contribution is 9.10. The smallest absolute Gasteiger partial charge is 0.146 e. The van der Waals surface area contributed by atoms with Gasteiger partial charge in [-0.25, -0.2) is 0 Å². The van der Waals surface area contributed by atoms with E-state index in [2.05, 4.69) is 26.1 Å². The van der Waals surface area contributed by atoms with E-state index in [-0.39, 0.29) is 0 Å². The number of H-pyrrole nitrogens is 1.